The maximum atomic E-state index is 13.8. The van der Waals surface area contributed by atoms with Gasteiger partial charge in [-0.2, -0.15) is 0 Å². The number of carbonyl (C=O) groups excluding carboxylic acids is 4. The average Bonchev–Trinajstić information content (AvgIpc) is 3.16. The molecule has 4 atom stereocenters. The summed E-state index contributed by atoms with van der Waals surface area (Å²) in [6.45, 7) is 0. The molecule has 0 spiro atoms. The second-order valence-corrected chi connectivity index (χ2v) is 10.5. The molecule has 1 heterocycles. The van der Waals surface area contributed by atoms with Gasteiger partial charge in [0.15, 0.2) is 11.6 Å². The highest BCUT2D eigenvalue weighted by Gasteiger charge is 2.56. The Morgan fingerprint density at radius 3 is 2.46 bits per heavy atom. The van der Waals surface area contributed by atoms with Crippen LogP contribution in [0.2, 0.25) is 0 Å². The van der Waals surface area contributed by atoms with Gasteiger partial charge in [-0.3, -0.25) is 24.1 Å². The van der Waals surface area contributed by atoms with Crippen LogP contribution in [0.1, 0.15) is 24.3 Å². The number of carbonyl (C=O) groups is 4. The number of rotatable bonds is 3. The Morgan fingerprint density at radius 2 is 1.76 bits per heavy atom. The number of para-hydroxylation sites is 1. The van der Waals surface area contributed by atoms with E-state index in [0.717, 1.165) is 5.57 Å². The Kier molecular flexibility index (Phi) is 5.53. The summed E-state index contributed by atoms with van der Waals surface area (Å²) in [5.74, 6) is -3.23. The van der Waals surface area contributed by atoms with Crippen LogP contribution in [0.5, 0.6) is 11.5 Å². The van der Waals surface area contributed by atoms with Crippen molar-refractivity contribution in [3.05, 3.63) is 87.4 Å². The highest BCUT2D eigenvalue weighted by Crippen LogP contribution is 2.56. The van der Waals surface area contributed by atoms with Gasteiger partial charge in [0.2, 0.25) is 11.8 Å². The van der Waals surface area contributed by atoms with Crippen LogP contribution in [0.3, 0.4) is 0 Å². The van der Waals surface area contributed by atoms with E-state index in [1.807, 2.05) is 12.1 Å². The van der Waals surface area contributed by atoms with Gasteiger partial charge in [0, 0.05) is 34.8 Å². The van der Waals surface area contributed by atoms with E-state index in [4.69, 9.17) is 4.74 Å². The van der Waals surface area contributed by atoms with Crippen LogP contribution >= 0.6 is 15.9 Å². The largest absolute Gasteiger partial charge is 0.507 e. The summed E-state index contributed by atoms with van der Waals surface area (Å²) in [6.07, 6.45) is 3.70. The molecule has 0 aromatic heterocycles. The van der Waals surface area contributed by atoms with Gasteiger partial charge in [0.1, 0.15) is 11.5 Å². The van der Waals surface area contributed by atoms with Crippen LogP contribution in [-0.2, 0) is 19.2 Å². The lowest BCUT2D eigenvalue weighted by Gasteiger charge is -2.42. The molecule has 7 nitrogen and oxygen atoms in total. The number of phenols is 1. The predicted octanol–water partition coefficient (Wildman–Crippen LogP) is 4.37. The summed E-state index contributed by atoms with van der Waals surface area (Å²) < 4.78 is 5.39. The summed E-state index contributed by atoms with van der Waals surface area (Å²) in [7, 11) is 1.49. The SMILES string of the molecule is COc1ccc(C2C3=CCC4C(=O)N(c5ccccc5)C(=O)C4C3CC3=C2C(=O)C=C(Br)C3=O)c(O)c1. The summed E-state index contributed by atoms with van der Waals surface area (Å²) in [4.78, 5) is 55.0. The summed E-state index contributed by atoms with van der Waals surface area (Å²) >= 11 is 3.22. The van der Waals surface area contributed by atoms with E-state index < -0.39 is 23.7 Å². The molecule has 1 N–H and O–H groups in total. The zero-order valence-corrected chi connectivity index (χ0v) is 21.4. The molecule has 4 unspecified atom stereocenters. The number of Topliss-reactive ketones (excluding diaryl/α,β-unsaturated/α-hetero) is 1. The molecule has 0 saturated carbocycles. The number of allylic oxidation sites excluding steroid dienone is 6. The Bertz CT molecular complexity index is 1490. The van der Waals surface area contributed by atoms with E-state index >= 15 is 0 Å². The van der Waals surface area contributed by atoms with Crippen molar-refractivity contribution in [2.24, 2.45) is 17.8 Å². The number of phenolic OH excluding ortho intramolecular Hbond substituents is 1. The third-order valence-electron chi connectivity index (χ3n) is 7.89. The molecule has 186 valence electrons. The maximum Gasteiger partial charge on any atom is 0.238 e. The normalized spacial score (nSPS) is 26.9. The third-order valence-corrected chi connectivity index (χ3v) is 8.48. The first kappa shape index (κ1) is 23.6. The standard InChI is InChI=1S/C29H22BrNO6/c1-37-15-7-8-17(22(32)11-15)24-16-9-10-18-25(29(36)31(28(18)35)14-5-3-2-4-6-14)19(16)12-20-26(24)23(33)13-21(30)27(20)34/h2-9,11,13,18-19,24-25,32H,10,12H2,1H3. The molecule has 0 bridgehead atoms. The van der Waals surface area contributed by atoms with Crippen molar-refractivity contribution < 1.29 is 29.0 Å². The molecular formula is C29H22BrNO6. The van der Waals surface area contributed by atoms with Gasteiger partial charge in [0.25, 0.3) is 0 Å². The number of benzene rings is 2. The number of nitrogens with zero attached hydrogens (tertiary/aromatic N) is 1. The minimum absolute atomic E-state index is 0.0755. The Morgan fingerprint density at radius 1 is 1.00 bits per heavy atom. The highest BCUT2D eigenvalue weighted by molar-refractivity contribution is 9.12. The molecule has 2 aromatic carbocycles. The first-order chi connectivity index (χ1) is 17.8. The first-order valence-corrected chi connectivity index (χ1v) is 12.8. The molecule has 1 saturated heterocycles. The van der Waals surface area contributed by atoms with Crippen molar-refractivity contribution in [1.29, 1.82) is 0 Å². The first-order valence-electron chi connectivity index (χ1n) is 12.0. The number of halogens is 1. The van der Waals surface area contributed by atoms with Crippen LogP contribution in [-0.4, -0.2) is 35.6 Å². The number of fused-ring (bicyclic) bond motifs is 3. The number of imide groups is 1. The number of ether oxygens (including phenoxy) is 1. The predicted molar refractivity (Wildman–Crippen MR) is 138 cm³/mol. The van der Waals surface area contributed by atoms with Crippen molar-refractivity contribution in [2.45, 2.75) is 18.8 Å². The lowest BCUT2D eigenvalue weighted by atomic mass is 9.59. The molecule has 1 aliphatic heterocycles. The molecule has 37 heavy (non-hydrogen) atoms. The molecule has 8 heteroatoms. The van der Waals surface area contributed by atoms with E-state index in [0.29, 0.717) is 34.6 Å². The number of amides is 2. The maximum absolute atomic E-state index is 13.8. The third kappa shape index (κ3) is 3.46. The molecule has 1 fully saturated rings. The van der Waals surface area contributed by atoms with Crippen LogP contribution in [0.25, 0.3) is 0 Å². The van der Waals surface area contributed by atoms with E-state index in [1.165, 1.54) is 24.2 Å². The van der Waals surface area contributed by atoms with Gasteiger partial charge in [-0.25, -0.2) is 0 Å². The van der Waals surface area contributed by atoms with Crippen molar-refractivity contribution >= 4 is 45.0 Å². The number of methoxy groups -OCH3 is 1. The average molecular weight is 560 g/mol. The monoisotopic (exact) mass is 559 g/mol. The second kappa shape index (κ2) is 8.66. The summed E-state index contributed by atoms with van der Waals surface area (Å²) in [5, 5.41) is 11.0. The van der Waals surface area contributed by atoms with Gasteiger partial charge in [-0.1, -0.05) is 35.9 Å². The quantitative estimate of drug-likeness (QED) is 0.340. The molecule has 3 aliphatic carbocycles. The van der Waals surface area contributed by atoms with Crippen LogP contribution in [0, 0.1) is 17.8 Å². The molecule has 6 rings (SSSR count). The lowest BCUT2D eigenvalue weighted by Crippen LogP contribution is -2.39. The second-order valence-electron chi connectivity index (χ2n) is 9.67. The highest BCUT2D eigenvalue weighted by atomic mass is 79.9. The number of ketones is 2. The minimum Gasteiger partial charge on any atom is -0.507 e. The van der Waals surface area contributed by atoms with Gasteiger partial charge in [-0.15, -0.1) is 0 Å². The molecule has 2 aromatic rings. The van der Waals surface area contributed by atoms with E-state index in [1.54, 1.807) is 36.4 Å². The zero-order valence-electron chi connectivity index (χ0n) is 19.8. The van der Waals surface area contributed by atoms with E-state index in [2.05, 4.69) is 15.9 Å². The van der Waals surface area contributed by atoms with Crippen LogP contribution in [0.15, 0.2) is 81.9 Å². The van der Waals surface area contributed by atoms with Gasteiger partial charge in [-0.05, 0) is 52.9 Å². The topological polar surface area (TPSA) is 101 Å². The number of hydrogen-bond acceptors (Lipinski definition) is 6. The number of anilines is 1. The van der Waals surface area contributed by atoms with Gasteiger partial charge in [0.05, 0.1) is 29.1 Å². The molecular weight excluding hydrogens is 538 g/mol. The van der Waals surface area contributed by atoms with Gasteiger partial charge < -0.3 is 9.84 Å². The Balaban J connectivity index is 1.51. The summed E-state index contributed by atoms with van der Waals surface area (Å²) in [6, 6.07) is 13.7. The Labute approximate surface area is 221 Å². The van der Waals surface area contributed by atoms with Gasteiger partial charge >= 0.3 is 0 Å². The molecule has 0 radical (unpaired) electrons. The number of aromatic hydroxyl groups is 1. The molecule has 4 aliphatic rings. The van der Waals surface area contributed by atoms with Crippen LogP contribution in [0.4, 0.5) is 5.69 Å². The fourth-order valence-electron chi connectivity index (χ4n) is 6.29. The van der Waals surface area contributed by atoms with Crippen molar-refractivity contribution in [1.82, 2.24) is 0 Å². The van der Waals surface area contributed by atoms with E-state index in [-0.39, 0.29) is 40.0 Å². The van der Waals surface area contributed by atoms with Crippen molar-refractivity contribution in [2.75, 3.05) is 12.0 Å². The van der Waals surface area contributed by atoms with E-state index in [9.17, 15) is 24.3 Å². The number of hydrogen-bond donors (Lipinski definition) is 1. The fourth-order valence-corrected chi connectivity index (χ4v) is 6.74. The summed E-state index contributed by atoms with van der Waals surface area (Å²) in [5.41, 5.74) is 2.38. The fraction of sp³-hybridized carbons (Fsp3) is 0.241. The van der Waals surface area contributed by atoms with Crippen LogP contribution < -0.4 is 9.64 Å². The minimum atomic E-state index is -0.720. The Hall–Kier alpha value is -3.78. The van der Waals surface area contributed by atoms with Crippen molar-refractivity contribution in [3.8, 4) is 11.5 Å². The van der Waals surface area contributed by atoms with Crippen molar-refractivity contribution in [3.63, 3.8) is 0 Å². The zero-order chi connectivity index (χ0) is 26.0. The lowest BCUT2D eigenvalue weighted by molar-refractivity contribution is -0.123. The smallest absolute Gasteiger partial charge is 0.238 e. The molecule has 2 amide bonds.